The molecule has 1 aliphatic rings. The summed E-state index contributed by atoms with van der Waals surface area (Å²) in [4.78, 5) is 26.1. The fourth-order valence-electron chi connectivity index (χ4n) is 3.84. The van der Waals surface area contributed by atoms with Gasteiger partial charge in [-0.25, -0.2) is 0 Å². The van der Waals surface area contributed by atoms with Crippen LogP contribution in [-0.2, 0) is 16.0 Å². The topological polar surface area (TPSA) is 123 Å². The van der Waals surface area contributed by atoms with Gasteiger partial charge in [0.15, 0.2) is 11.5 Å². The summed E-state index contributed by atoms with van der Waals surface area (Å²) in [5.74, 6) is 2.54. The molecule has 1 aromatic carbocycles. The van der Waals surface area contributed by atoms with Gasteiger partial charge in [0.2, 0.25) is 11.8 Å². The van der Waals surface area contributed by atoms with E-state index in [1.165, 1.54) is 0 Å². The molecule has 4 rings (SSSR count). The van der Waals surface area contributed by atoms with Crippen LogP contribution in [-0.4, -0.2) is 70.4 Å². The number of nitrogens with zero attached hydrogens (tertiary/aromatic N) is 5. The zero-order valence-electron chi connectivity index (χ0n) is 19.4. The minimum absolute atomic E-state index is 0.169. The largest absolute Gasteiger partial charge is 0.497 e. The lowest BCUT2D eigenvalue weighted by Gasteiger charge is -2.15. The van der Waals surface area contributed by atoms with Crippen LogP contribution in [0.4, 0.5) is 11.5 Å². The van der Waals surface area contributed by atoms with Crippen molar-refractivity contribution in [3.63, 3.8) is 0 Å². The average molecular weight is 468 g/mol. The van der Waals surface area contributed by atoms with Gasteiger partial charge >= 0.3 is 0 Å². The molecule has 0 radical (unpaired) electrons. The van der Waals surface area contributed by atoms with E-state index < -0.39 is 0 Å². The summed E-state index contributed by atoms with van der Waals surface area (Å²) < 4.78 is 12.1. The number of anilines is 2. The Hall–Kier alpha value is -3.89. The molecular formula is C23H29N7O4. The van der Waals surface area contributed by atoms with Gasteiger partial charge in [-0.3, -0.25) is 9.59 Å². The molecule has 0 atom stereocenters. The molecule has 2 amide bonds. The predicted molar refractivity (Wildman–Crippen MR) is 126 cm³/mol. The standard InChI is InChI=1S/C23H29N7O4/c1-33-17-13-16(14-18(15-17)34-2)25-22(31)9-8-21-27-26-20-7-6-19(28-30(20)21)24-10-4-12-29-11-3-5-23(29)32/h6-7,13-15H,3-5,8-12H2,1-2H3,(H,24,28)(H,25,31). The average Bonchev–Trinajstić information content (AvgIpc) is 3.45. The van der Waals surface area contributed by atoms with Gasteiger partial charge in [-0.1, -0.05) is 0 Å². The van der Waals surface area contributed by atoms with E-state index in [0.29, 0.717) is 53.9 Å². The van der Waals surface area contributed by atoms with Gasteiger partial charge in [0.1, 0.15) is 17.3 Å². The molecule has 1 aliphatic heterocycles. The van der Waals surface area contributed by atoms with Crippen molar-refractivity contribution in [2.75, 3.05) is 44.5 Å². The maximum Gasteiger partial charge on any atom is 0.224 e. The number of amides is 2. The number of nitrogens with one attached hydrogen (secondary N) is 2. The molecule has 2 aromatic heterocycles. The first-order chi connectivity index (χ1) is 16.6. The Bertz CT molecular complexity index is 1140. The van der Waals surface area contributed by atoms with E-state index in [-0.39, 0.29) is 18.2 Å². The van der Waals surface area contributed by atoms with Crippen molar-refractivity contribution >= 4 is 29.0 Å². The predicted octanol–water partition coefficient (Wildman–Crippen LogP) is 2.14. The highest BCUT2D eigenvalue weighted by atomic mass is 16.5. The highest BCUT2D eigenvalue weighted by molar-refractivity contribution is 5.91. The van der Waals surface area contributed by atoms with Crippen molar-refractivity contribution in [3.8, 4) is 11.5 Å². The number of carbonyl (C=O) groups is 2. The van der Waals surface area contributed by atoms with Crippen molar-refractivity contribution in [1.29, 1.82) is 0 Å². The third-order valence-electron chi connectivity index (χ3n) is 5.62. The molecule has 34 heavy (non-hydrogen) atoms. The van der Waals surface area contributed by atoms with Gasteiger partial charge in [-0.2, -0.15) is 4.52 Å². The van der Waals surface area contributed by atoms with E-state index in [0.717, 1.165) is 25.9 Å². The number of rotatable bonds is 11. The maximum atomic E-state index is 12.5. The van der Waals surface area contributed by atoms with E-state index in [1.54, 1.807) is 36.9 Å². The number of carbonyl (C=O) groups excluding carboxylic acids is 2. The smallest absolute Gasteiger partial charge is 0.224 e. The number of fused-ring (bicyclic) bond motifs is 1. The van der Waals surface area contributed by atoms with Crippen LogP contribution in [0.5, 0.6) is 11.5 Å². The Balaban J connectivity index is 1.31. The maximum absolute atomic E-state index is 12.5. The summed E-state index contributed by atoms with van der Waals surface area (Å²) in [6.45, 7) is 2.30. The Morgan fingerprint density at radius 3 is 2.62 bits per heavy atom. The third-order valence-corrected chi connectivity index (χ3v) is 5.62. The lowest BCUT2D eigenvalue weighted by atomic mass is 10.2. The number of methoxy groups -OCH3 is 2. The highest BCUT2D eigenvalue weighted by Crippen LogP contribution is 2.26. The quantitative estimate of drug-likeness (QED) is 0.411. The van der Waals surface area contributed by atoms with Crippen molar-refractivity contribution in [1.82, 2.24) is 24.7 Å². The number of hydrogen-bond acceptors (Lipinski definition) is 8. The third kappa shape index (κ3) is 5.72. The summed E-state index contributed by atoms with van der Waals surface area (Å²) in [6, 6.07) is 8.87. The Kier molecular flexibility index (Phi) is 7.41. The van der Waals surface area contributed by atoms with Gasteiger partial charge in [-0.05, 0) is 25.0 Å². The zero-order valence-corrected chi connectivity index (χ0v) is 19.4. The summed E-state index contributed by atoms with van der Waals surface area (Å²) in [5, 5.41) is 19.0. The minimum atomic E-state index is -0.169. The molecule has 11 heteroatoms. The summed E-state index contributed by atoms with van der Waals surface area (Å²) in [7, 11) is 3.11. The summed E-state index contributed by atoms with van der Waals surface area (Å²) in [6.07, 6.45) is 3.04. The number of hydrogen-bond donors (Lipinski definition) is 2. The number of benzene rings is 1. The molecule has 3 aromatic rings. The van der Waals surface area contributed by atoms with Gasteiger partial charge < -0.3 is 25.0 Å². The van der Waals surface area contributed by atoms with Crippen molar-refractivity contribution < 1.29 is 19.1 Å². The van der Waals surface area contributed by atoms with Gasteiger partial charge in [0.25, 0.3) is 0 Å². The minimum Gasteiger partial charge on any atom is -0.497 e. The van der Waals surface area contributed by atoms with E-state index in [1.807, 2.05) is 17.0 Å². The first kappa shape index (κ1) is 23.3. The van der Waals surface area contributed by atoms with Crippen molar-refractivity contribution in [2.45, 2.75) is 32.1 Å². The number of aromatic nitrogens is 4. The van der Waals surface area contributed by atoms with Crippen LogP contribution in [0.25, 0.3) is 5.65 Å². The van der Waals surface area contributed by atoms with Crippen LogP contribution in [0.15, 0.2) is 30.3 Å². The fourth-order valence-corrected chi connectivity index (χ4v) is 3.84. The lowest BCUT2D eigenvalue weighted by molar-refractivity contribution is -0.127. The molecule has 11 nitrogen and oxygen atoms in total. The molecule has 1 saturated heterocycles. The molecule has 1 fully saturated rings. The molecular weight excluding hydrogens is 438 g/mol. The van der Waals surface area contributed by atoms with E-state index in [9.17, 15) is 9.59 Å². The number of aryl methyl sites for hydroxylation is 1. The lowest BCUT2D eigenvalue weighted by Crippen LogP contribution is -2.27. The molecule has 0 saturated carbocycles. The molecule has 3 heterocycles. The number of likely N-dealkylation sites (tertiary alicyclic amines) is 1. The second-order valence-electron chi connectivity index (χ2n) is 8.02. The molecule has 2 N–H and O–H groups in total. The zero-order chi connectivity index (χ0) is 23.9. The summed E-state index contributed by atoms with van der Waals surface area (Å²) >= 11 is 0. The second kappa shape index (κ2) is 10.8. The van der Waals surface area contributed by atoms with Gasteiger partial charge in [0, 0.05) is 62.8 Å². The van der Waals surface area contributed by atoms with Crippen molar-refractivity contribution in [3.05, 3.63) is 36.2 Å². The first-order valence-corrected chi connectivity index (χ1v) is 11.3. The molecule has 0 spiro atoms. The van der Waals surface area contributed by atoms with Crippen LogP contribution in [0.2, 0.25) is 0 Å². The van der Waals surface area contributed by atoms with Crippen LogP contribution in [0.1, 0.15) is 31.5 Å². The highest BCUT2D eigenvalue weighted by Gasteiger charge is 2.19. The van der Waals surface area contributed by atoms with Gasteiger partial charge in [-0.15, -0.1) is 15.3 Å². The normalized spacial score (nSPS) is 13.4. The monoisotopic (exact) mass is 467 g/mol. The fraction of sp³-hybridized carbons (Fsp3) is 0.435. The van der Waals surface area contributed by atoms with E-state index in [4.69, 9.17) is 9.47 Å². The van der Waals surface area contributed by atoms with Crippen LogP contribution in [0, 0.1) is 0 Å². The van der Waals surface area contributed by atoms with E-state index in [2.05, 4.69) is 25.9 Å². The Morgan fingerprint density at radius 1 is 1.12 bits per heavy atom. The van der Waals surface area contributed by atoms with Crippen LogP contribution >= 0.6 is 0 Å². The van der Waals surface area contributed by atoms with Crippen molar-refractivity contribution in [2.24, 2.45) is 0 Å². The van der Waals surface area contributed by atoms with E-state index >= 15 is 0 Å². The van der Waals surface area contributed by atoms with Crippen LogP contribution in [0.3, 0.4) is 0 Å². The van der Waals surface area contributed by atoms with Gasteiger partial charge in [0.05, 0.1) is 14.2 Å². The number of ether oxygens (including phenoxy) is 2. The molecule has 0 bridgehead atoms. The van der Waals surface area contributed by atoms with Crippen LogP contribution < -0.4 is 20.1 Å². The molecule has 180 valence electrons. The SMILES string of the molecule is COc1cc(NC(=O)CCc2nnc3ccc(NCCCN4CCCC4=O)nn23)cc(OC)c1. The second-order valence-corrected chi connectivity index (χ2v) is 8.02. The Morgan fingerprint density at radius 2 is 1.91 bits per heavy atom. The first-order valence-electron chi connectivity index (χ1n) is 11.3. The molecule has 0 unspecified atom stereocenters. The molecule has 0 aliphatic carbocycles. The Labute approximate surface area is 197 Å². The summed E-state index contributed by atoms with van der Waals surface area (Å²) in [5.41, 5.74) is 1.20.